The number of piperidine rings is 1. The molecule has 1 aromatic heterocycles. The van der Waals surface area contributed by atoms with Gasteiger partial charge >= 0.3 is 0 Å². The van der Waals surface area contributed by atoms with Gasteiger partial charge in [0.1, 0.15) is 5.82 Å². The van der Waals surface area contributed by atoms with Crippen molar-refractivity contribution in [2.75, 3.05) is 13.1 Å². The smallest absolute Gasteiger partial charge is 0.260 e. The lowest BCUT2D eigenvalue weighted by Gasteiger charge is -2.33. The minimum absolute atomic E-state index is 0. The number of fused-ring (bicyclic) bond motifs is 1. The summed E-state index contributed by atoms with van der Waals surface area (Å²) in [6.45, 7) is 3.83. The monoisotopic (exact) mass is 334 g/mol. The molecule has 0 aliphatic carbocycles. The Morgan fingerprint density at radius 1 is 1.38 bits per heavy atom. The van der Waals surface area contributed by atoms with E-state index >= 15 is 0 Å². The molecule has 0 bridgehead atoms. The molecule has 2 unspecified atom stereocenters. The highest BCUT2D eigenvalue weighted by atomic mass is 35.5. The number of aryl methyl sites for hydroxylation is 1. The number of rotatable bonds is 3. The summed E-state index contributed by atoms with van der Waals surface area (Å²) in [6.07, 6.45) is 5.26. The maximum atomic E-state index is 12.8. The third-order valence-electron chi connectivity index (χ3n) is 4.45. The summed E-state index contributed by atoms with van der Waals surface area (Å²) in [7, 11) is -3.43. The predicted octanol–water partition coefficient (Wildman–Crippen LogP) is 0.999. The molecule has 1 aromatic rings. The van der Waals surface area contributed by atoms with Crippen molar-refractivity contribution in [2.45, 2.75) is 50.2 Å². The van der Waals surface area contributed by atoms with Gasteiger partial charge in [-0.05, 0) is 32.1 Å². The van der Waals surface area contributed by atoms with Gasteiger partial charge in [0.15, 0.2) is 5.03 Å². The molecule has 1 saturated heterocycles. The fourth-order valence-corrected chi connectivity index (χ4v) is 4.87. The highest BCUT2D eigenvalue weighted by molar-refractivity contribution is 7.89. The van der Waals surface area contributed by atoms with E-state index in [-0.39, 0.29) is 24.4 Å². The maximum absolute atomic E-state index is 12.8. The Morgan fingerprint density at radius 3 is 2.86 bits per heavy atom. The average Bonchev–Trinajstić information content (AvgIpc) is 3.00. The highest BCUT2D eigenvalue weighted by Gasteiger charge is 2.34. The first-order valence-corrected chi connectivity index (χ1v) is 8.74. The van der Waals surface area contributed by atoms with E-state index < -0.39 is 10.0 Å². The lowest BCUT2D eigenvalue weighted by Crippen LogP contribution is -2.45. The minimum atomic E-state index is -3.43. The van der Waals surface area contributed by atoms with Gasteiger partial charge in [-0.15, -0.1) is 12.4 Å². The molecular formula is C13H23ClN4O2S. The van der Waals surface area contributed by atoms with E-state index in [2.05, 4.69) is 4.98 Å². The molecule has 6 nitrogen and oxygen atoms in total. The molecule has 0 amide bonds. The quantitative estimate of drug-likeness (QED) is 0.894. The number of nitrogens with zero attached hydrogens (tertiary/aromatic N) is 3. The Kier molecular flexibility index (Phi) is 4.97. The van der Waals surface area contributed by atoms with E-state index in [0.717, 1.165) is 38.1 Å². The van der Waals surface area contributed by atoms with Crippen LogP contribution >= 0.6 is 12.4 Å². The van der Waals surface area contributed by atoms with Gasteiger partial charge in [-0.25, -0.2) is 13.4 Å². The average molecular weight is 335 g/mol. The molecule has 3 heterocycles. The second kappa shape index (κ2) is 6.24. The highest BCUT2D eigenvalue weighted by Crippen LogP contribution is 2.27. The molecule has 0 spiro atoms. The molecule has 2 aliphatic heterocycles. The molecule has 0 saturated carbocycles. The van der Waals surface area contributed by atoms with Gasteiger partial charge in [0.25, 0.3) is 10.0 Å². The van der Waals surface area contributed by atoms with Crippen molar-refractivity contribution < 1.29 is 8.42 Å². The van der Waals surface area contributed by atoms with Crippen molar-refractivity contribution in [1.82, 2.24) is 13.9 Å². The van der Waals surface area contributed by atoms with Crippen molar-refractivity contribution >= 4 is 22.4 Å². The van der Waals surface area contributed by atoms with Gasteiger partial charge in [0, 0.05) is 32.1 Å². The topological polar surface area (TPSA) is 81.2 Å². The van der Waals surface area contributed by atoms with Crippen molar-refractivity contribution in [3.8, 4) is 0 Å². The largest absolute Gasteiger partial charge is 0.328 e. The van der Waals surface area contributed by atoms with Gasteiger partial charge in [-0.1, -0.05) is 0 Å². The fraction of sp³-hybridized carbons (Fsp3) is 0.769. The third-order valence-corrected chi connectivity index (χ3v) is 6.32. The van der Waals surface area contributed by atoms with E-state index in [1.807, 2.05) is 11.5 Å². The zero-order chi connectivity index (χ0) is 14.3. The van der Waals surface area contributed by atoms with Gasteiger partial charge in [-0.3, -0.25) is 0 Å². The van der Waals surface area contributed by atoms with E-state index in [1.165, 1.54) is 6.20 Å². The summed E-state index contributed by atoms with van der Waals surface area (Å²) >= 11 is 0. The first-order chi connectivity index (χ1) is 9.50. The molecule has 21 heavy (non-hydrogen) atoms. The molecule has 3 rings (SSSR count). The van der Waals surface area contributed by atoms with Crippen LogP contribution in [0.5, 0.6) is 0 Å². The molecule has 0 radical (unpaired) electrons. The van der Waals surface area contributed by atoms with Crippen molar-refractivity contribution in [2.24, 2.45) is 11.7 Å². The molecule has 120 valence electrons. The first-order valence-electron chi connectivity index (χ1n) is 7.30. The van der Waals surface area contributed by atoms with Crippen LogP contribution in [0.1, 0.15) is 32.0 Å². The van der Waals surface area contributed by atoms with Crippen LogP contribution in [0.15, 0.2) is 11.2 Å². The van der Waals surface area contributed by atoms with Crippen LogP contribution in [-0.4, -0.2) is 41.4 Å². The van der Waals surface area contributed by atoms with Crippen LogP contribution in [0.2, 0.25) is 0 Å². The lowest BCUT2D eigenvalue weighted by molar-refractivity contribution is 0.242. The van der Waals surface area contributed by atoms with Crippen molar-refractivity contribution in [3.05, 3.63) is 12.0 Å². The van der Waals surface area contributed by atoms with Crippen LogP contribution < -0.4 is 5.73 Å². The Balaban J connectivity index is 0.00000161. The number of hydrogen-bond donors (Lipinski definition) is 1. The van der Waals surface area contributed by atoms with Crippen molar-refractivity contribution in [1.29, 1.82) is 0 Å². The van der Waals surface area contributed by atoms with Gasteiger partial charge in [0.2, 0.25) is 0 Å². The molecule has 1 fully saturated rings. The van der Waals surface area contributed by atoms with E-state index in [4.69, 9.17) is 5.73 Å². The predicted molar refractivity (Wildman–Crippen MR) is 82.9 cm³/mol. The number of aromatic nitrogens is 2. The fourth-order valence-electron chi connectivity index (χ4n) is 3.19. The van der Waals surface area contributed by atoms with Gasteiger partial charge in [0.05, 0.1) is 6.20 Å². The Morgan fingerprint density at radius 2 is 2.14 bits per heavy atom. The van der Waals surface area contributed by atoms with Crippen LogP contribution in [0.25, 0.3) is 0 Å². The molecule has 0 aromatic carbocycles. The number of hydrogen-bond acceptors (Lipinski definition) is 4. The van der Waals surface area contributed by atoms with Crippen LogP contribution in [-0.2, 0) is 23.0 Å². The standard InChI is InChI=1S/C13H22N4O2S.ClH/c1-10(14)11-4-2-6-16(9-11)20(18,19)13-8-15-12-5-3-7-17(12)13;/h8,10-11H,2-7,9,14H2,1H3;1H. The summed E-state index contributed by atoms with van der Waals surface area (Å²) < 4.78 is 29.0. The maximum Gasteiger partial charge on any atom is 0.260 e. The summed E-state index contributed by atoms with van der Waals surface area (Å²) in [5, 5.41) is 0.357. The SMILES string of the molecule is CC(N)C1CCCN(S(=O)(=O)c2cnc3n2CCC3)C1.Cl. The second-order valence-corrected chi connectivity index (χ2v) is 7.78. The van der Waals surface area contributed by atoms with E-state index in [9.17, 15) is 8.42 Å². The van der Waals surface area contributed by atoms with Gasteiger partial charge in [-0.2, -0.15) is 4.31 Å². The zero-order valence-corrected chi connectivity index (χ0v) is 13.9. The normalized spacial score (nSPS) is 24.4. The number of sulfonamides is 1. The number of nitrogens with two attached hydrogens (primary N) is 1. The van der Waals surface area contributed by atoms with Crippen LogP contribution in [0.3, 0.4) is 0 Å². The van der Waals surface area contributed by atoms with Gasteiger partial charge < -0.3 is 10.3 Å². The third kappa shape index (κ3) is 2.97. The Hall–Kier alpha value is -0.630. The molecule has 2 atom stereocenters. The summed E-state index contributed by atoms with van der Waals surface area (Å²) in [5.74, 6) is 1.14. The molecule has 2 aliphatic rings. The minimum Gasteiger partial charge on any atom is -0.328 e. The summed E-state index contributed by atoms with van der Waals surface area (Å²) in [5.41, 5.74) is 5.94. The molecule has 2 N–H and O–H groups in total. The molecule has 8 heteroatoms. The van der Waals surface area contributed by atoms with E-state index in [0.29, 0.717) is 18.1 Å². The summed E-state index contributed by atoms with van der Waals surface area (Å²) in [6, 6.07) is 0.0316. The second-order valence-electron chi connectivity index (χ2n) is 5.89. The Bertz CT molecular complexity index is 599. The van der Waals surface area contributed by atoms with Crippen LogP contribution in [0.4, 0.5) is 0 Å². The lowest BCUT2D eigenvalue weighted by atomic mass is 9.93. The van der Waals surface area contributed by atoms with Crippen molar-refractivity contribution in [3.63, 3.8) is 0 Å². The number of imidazole rings is 1. The number of halogens is 1. The van der Waals surface area contributed by atoms with E-state index in [1.54, 1.807) is 4.31 Å². The summed E-state index contributed by atoms with van der Waals surface area (Å²) in [4.78, 5) is 4.24. The molecular weight excluding hydrogens is 312 g/mol. The van der Waals surface area contributed by atoms with Crippen LogP contribution in [0, 0.1) is 5.92 Å². The Labute approximate surface area is 132 Å². The zero-order valence-electron chi connectivity index (χ0n) is 12.2. The first kappa shape index (κ1) is 16.7.